The third kappa shape index (κ3) is 4.46. The first-order chi connectivity index (χ1) is 13.7. The summed E-state index contributed by atoms with van der Waals surface area (Å²) in [5.74, 6) is -1.01. The molecule has 0 aliphatic heterocycles. The Hall–Kier alpha value is -3.19. The lowest BCUT2D eigenvalue weighted by molar-refractivity contribution is 0.102. The van der Waals surface area contributed by atoms with E-state index in [-0.39, 0.29) is 16.1 Å². The summed E-state index contributed by atoms with van der Waals surface area (Å²) in [5.41, 5.74) is 2.57. The van der Waals surface area contributed by atoms with Gasteiger partial charge in [-0.3, -0.25) is 9.10 Å². The maximum atomic E-state index is 13.8. The van der Waals surface area contributed by atoms with Gasteiger partial charge in [0.1, 0.15) is 5.82 Å². The Labute approximate surface area is 169 Å². The van der Waals surface area contributed by atoms with Gasteiger partial charge in [-0.05, 0) is 67.9 Å². The maximum Gasteiger partial charge on any atom is 0.264 e. The van der Waals surface area contributed by atoms with Crippen molar-refractivity contribution >= 4 is 27.3 Å². The Balaban J connectivity index is 1.79. The zero-order valence-electron chi connectivity index (χ0n) is 16.3. The van der Waals surface area contributed by atoms with E-state index < -0.39 is 21.7 Å². The molecule has 0 aliphatic carbocycles. The van der Waals surface area contributed by atoms with E-state index in [2.05, 4.69) is 5.32 Å². The van der Waals surface area contributed by atoms with Crippen LogP contribution in [0, 0.1) is 19.7 Å². The van der Waals surface area contributed by atoms with Crippen LogP contribution < -0.4 is 9.62 Å². The second-order valence-corrected chi connectivity index (χ2v) is 8.74. The number of rotatable bonds is 5. The Bertz CT molecular complexity index is 1140. The number of halogens is 1. The van der Waals surface area contributed by atoms with Crippen LogP contribution in [-0.4, -0.2) is 21.4 Å². The number of sulfonamides is 1. The maximum absolute atomic E-state index is 13.8. The molecule has 0 spiro atoms. The van der Waals surface area contributed by atoms with Crippen molar-refractivity contribution in [1.29, 1.82) is 0 Å². The van der Waals surface area contributed by atoms with Gasteiger partial charge in [0.15, 0.2) is 0 Å². The average molecular weight is 412 g/mol. The molecule has 3 aromatic rings. The van der Waals surface area contributed by atoms with E-state index in [1.54, 1.807) is 43.3 Å². The minimum atomic E-state index is -3.72. The van der Waals surface area contributed by atoms with Crippen molar-refractivity contribution in [2.45, 2.75) is 18.7 Å². The number of amides is 1. The van der Waals surface area contributed by atoms with E-state index in [9.17, 15) is 17.6 Å². The van der Waals surface area contributed by atoms with Crippen LogP contribution in [0.25, 0.3) is 0 Å². The molecule has 1 amide bonds. The molecule has 0 bridgehead atoms. The first-order valence-electron chi connectivity index (χ1n) is 8.91. The monoisotopic (exact) mass is 412 g/mol. The molecule has 0 atom stereocenters. The molecule has 0 fully saturated rings. The summed E-state index contributed by atoms with van der Waals surface area (Å²) in [5, 5.41) is 2.53. The van der Waals surface area contributed by atoms with Crippen LogP contribution in [0.15, 0.2) is 71.6 Å². The van der Waals surface area contributed by atoms with Gasteiger partial charge in [-0.15, -0.1) is 0 Å². The molecule has 0 saturated carbocycles. The minimum absolute atomic E-state index is 0.0955. The molecule has 0 unspecified atom stereocenters. The van der Waals surface area contributed by atoms with Crippen LogP contribution in [0.2, 0.25) is 0 Å². The van der Waals surface area contributed by atoms with E-state index in [4.69, 9.17) is 0 Å². The number of benzene rings is 3. The number of nitrogens with one attached hydrogen (secondary N) is 1. The SMILES string of the molecule is Cc1ccc(S(=O)(=O)N(C)c2ccc(C(=O)Nc3cc(C)ccc3F)cc2)cc1. The zero-order chi connectivity index (χ0) is 21.2. The van der Waals surface area contributed by atoms with Gasteiger partial charge >= 0.3 is 0 Å². The Kier molecular flexibility index (Phi) is 5.70. The van der Waals surface area contributed by atoms with Crippen LogP contribution in [0.1, 0.15) is 21.5 Å². The Morgan fingerprint density at radius 2 is 1.48 bits per heavy atom. The van der Waals surface area contributed by atoms with Crippen molar-refractivity contribution < 1.29 is 17.6 Å². The van der Waals surface area contributed by atoms with Crippen molar-refractivity contribution in [1.82, 2.24) is 0 Å². The standard InChI is InChI=1S/C22H21FN2O3S/c1-15-4-11-19(12-5-15)29(27,28)25(3)18-9-7-17(8-10-18)22(26)24-21-14-16(2)6-13-20(21)23/h4-14H,1-3H3,(H,24,26). The molecule has 7 heteroatoms. The van der Waals surface area contributed by atoms with Gasteiger partial charge in [0, 0.05) is 12.6 Å². The number of anilines is 2. The predicted octanol–water partition coefficient (Wildman–Crippen LogP) is 4.52. The third-order valence-electron chi connectivity index (χ3n) is 4.54. The predicted molar refractivity (Wildman–Crippen MR) is 112 cm³/mol. The molecular formula is C22H21FN2O3S. The average Bonchev–Trinajstić information content (AvgIpc) is 2.70. The van der Waals surface area contributed by atoms with Crippen molar-refractivity contribution in [3.63, 3.8) is 0 Å². The van der Waals surface area contributed by atoms with E-state index >= 15 is 0 Å². The highest BCUT2D eigenvalue weighted by Gasteiger charge is 2.21. The molecule has 3 aromatic carbocycles. The molecule has 0 radical (unpaired) electrons. The van der Waals surface area contributed by atoms with Crippen LogP contribution >= 0.6 is 0 Å². The zero-order valence-corrected chi connectivity index (χ0v) is 17.1. The summed E-state index contributed by atoms with van der Waals surface area (Å²) in [6, 6.07) is 17.1. The van der Waals surface area contributed by atoms with Crippen LogP contribution in [0.5, 0.6) is 0 Å². The van der Waals surface area contributed by atoms with E-state index in [0.29, 0.717) is 5.69 Å². The number of hydrogen-bond acceptors (Lipinski definition) is 3. The van der Waals surface area contributed by atoms with E-state index in [1.165, 1.54) is 37.4 Å². The summed E-state index contributed by atoms with van der Waals surface area (Å²) in [4.78, 5) is 12.6. The molecule has 0 saturated heterocycles. The fourth-order valence-corrected chi connectivity index (χ4v) is 3.95. The van der Waals surface area contributed by atoms with E-state index in [0.717, 1.165) is 15.4 Å². The van der Waals surface area contributed by atoms with Gasteiger partial charge in [0.05, 0.1) is 16.3 Å². The summed E-state index contributed by atoms with van der Waals surface area (Å²) >= 11 is 0. The molecule has 29 heavy (non-hydrogen) atoms. The lowest BCUT2D eigenvalue weighted by Gasteiger charge is -2.20. The normalized spacial score (nSPS) is 11.2. The molecule has 0 aliphatic rings. The van der Waals surface area contributed by atoms with Crippen molar-refractivity contribution in [2.24, 2.45) is 0 Å². The second kappa shape index (κ2) is 8.05. The van der Waals surface area contributed by atoms with Gasteiger partial charge in [-0.2, -0.15) is 0 Å². The smallest absolute Gasteiger partial charge is 0.264 e. The number of nitrogens with zero attached hydrogens (tertiary/aromatic N) is 1. The fourth-order valence-electron chi connectivity index (χ4n) is 2.76. The molecule has 0 aromatic heterocycles. The Morgan fingerprint density at radius 3 is 2.10 bits per heavy atom. The van der Waals surface area contributed by atoms with Gasteiger partial charge in [0.25, 0.3) is 15.9 Å². The van der Waals surface area contributed by atoms with Gasteiger partial charge in [-0.25, -0.2) is 12.8 Å². The summed E-state index contributed by atoms with van der Waals surface area (Å²) in [6.45, 7) is 3.68. The minimum Gasteiger partial charge on any atom is -0.319 e. The van der Waals surface area contributed by atoms with Crippen LogP contribution in [-0.2, 0) is 10.0 Å². The molecule has 0 heterocycles. The molecule has 5 nitrogen and oxygen atoms in total. The highest BCUT2D eigenvalue weighted by Crippen LogP contribution is 2.23. The highest BCUT2D eigenvalue weighted by molar-refractivity contribution is 7.92. The Morgan fingerprint density at radius 1 is 0.897 bits per heavy atom. The largest absolute Gasteiger partial charge is 0.319 e. The highest BCUT2D eigenvalue weighted by atomic mass is 32.2. The lowest BCUT2D eigenvalue weighted by atomic mass is 10.1. The van der Waals surface area contributed by atoms with Gasteiger partial charge < -0.3 is 5.32 Å². The number of carbonyl (C=O) groups is 1. The molecule has 1 N–H and O–H groups in total. The first kappa shape index (κ1) is 20.5. The number of hydrogen-bond donors (Lipinski definition) is 1. The molecule has 150 valence electrons. The van der Waals surface area contributed by atoms with Gasteiger partial charge in [-0.1, -0.05) is 23.8 Å². The quantitative estimate of drug-likeness (QED) is 0.670. The van der Waals surface area contributed by atoms with Crippen LogP contribution in [0.4, 0.5) is 15.8 Å². The van der Waals surface area contributed by atoms with Gasteiger partial charge in [0.2, 0.25) is 0 Å². The molecular weight excluding hydrogens is 391 g/mol. The van der Waals surface area contributed by atoms with Crippen LogP contribution in [0.3, 0.4) is 0 Å². The fraction of sp³-hybridized carbons (Fsp3) is 0.136. The third-order valence-corrected chi connectivity index (χ3v) is 6.34. The topological polar surface area (TPSA) is 66.5 Å². The van der Waals surface area contributed by atoms with Crippen molar-refractivity contribution in [3.8, 4) is 0 Å². The van der Waals surface area contributed by atoms with Crippen molar-refractivity contribution in [3.05, 3.63) is 89.2 Å². The van der Waals surface area contributed by atoms with E-state index in [1.807, 2.05) is 6.92 Å². The second-order valence-electron chi connectivity index (χ2n) is 6.77. The molecule has 3 rings (SSSR count). The lowest BCUT2D eigenvalue weighted by Crippen LogP contribution is -2.26. The number of carbonyl (C=O) groups excluding carboxylic acids is 1. The summed E-state index contributed by atoms with van der Waals surface area (Å²) in [6.07, 6.45) is 0. The summed E-state index contributed by atoms with van der Waals surface area (Å²) in [7, 11) is -2.27. The summed E-state index contributed by atoms with van der Waals surface area (Å²) < 4.78 is 40.6. The van der Waals surface area contributed by atoms with Crippen molar-refractivity contribution in [2.75, 3.05) is 16.7 Å². The number of aryl methyl sites for hydroxylation is 2. The first-order valence-corrected chi connectivity index (χ1v) is 10.4.